The predicted molar refractivity (Wildman–Crippen MR) is 99.6 cm³/mol. The molecule has 1 heterocycles. The second-order valence-electron chi connectivity index (χ2n) is 6.14. The van der Waals surface area contributed by atoms with Gasteiger partial charge in [-0.1, -0.05) is 25.4 Å². The van der Waals surface area contributed by atoms with Crippen LogP contribution in [0.2, 0.25) is 5.02 Å². The van der Waals surface area contributed by atoms with Crippen LogP contribution in [-0.2, 0) is 0 Å². The van der Waals surface area contributed by atoms with Crippen LogP contribution in [0.15, 0.2) is 51.7 Å². The Morgan fingerprint density at radius 1 is 1.19 bits per heavy atom. The van der Waals surface area contributed by atoms with Crippen LogP contribution in [0.3, 0.4) is 0 Å². The number of carbonyl (C=O) groups is 1. The number of halogens is 1. The molecule has 2 aromatic carbocycles. The highest BCUT2D eigenvalue weighted by atomic mass is 35.5. The van der Waals surface area contributed by atoms with Gasteiger partial charge >= 0.3 is 11.6 Å². The van der Waals surface area contributed by atoms with Crippen LogP contribution in [0.4, 0.5) is 5.69 Å². The van der Waals surface area contributed by atoms with Crippen LogP contribution in [0.5, 0.6) is 5.75 Å². The highest BCUT2D eigenvalue weighted by molar-refractivity contribution is 6.33. The lowest BCUT2D eigenvalue weighted by atomic mass is 10.00. The van der Waals surface area contributed by atoms with Crippen molar-refractivity contribution in [3.8, 4) is 5.75 Å². The molecule has 3 rings (SSSR count). The Labute approximate surface area is 158 Å². The molecule has 0 atom stereocenters. The number of fused-ring (bicyclic) bond motifs is 1. The summed E-state index contributed by atoms with van der Waals surface area (Å²) in [7, 11) is 0. The van der Waals surface area contributed by atoms with Crippen molar-refractivity contribution in [3.63, 3.8) is 0 Å². The number of hydrogen-bond donors (Lipinski definition) is 0. The van der Waals surface area contributed by atoms with Gasteiger partial charge in [0.15, 0.2) is 0 Å². The minimum Gasteiger partial charge on any atom is -0.423 e. The zero-order valence-corrected chi connectivity index (χ0v) is 15.1. The van der Waals surface area contributed by atoms with Crippen LogP contribution < -0.4 is 10.4 Å². The van der Waals surface area contributed by atoms with Gasteiger partial charge in [0.1, 0.15) is 11.3 Å². The third-order valence-corrected chi connectivity index (χ3v) is 4.28. The monoisotopic (exact) mass is 387 g/mol. The first kappa shape index (κ1) is 18.6. The Balaban J connectivity index is 1.94. The molecule has 27 heavy (non-hydrogen) atoms. The van der Waals surface area contributed by atoms with Gasteiger partial charge in [-0.25, -0.2) is 9.59 Å². The number of nitrogens with zero attached hydrogens (tertiary/aromatic N) is 1. The molecule has 0 aliphatic heterocycles. The van der Waals surface area contributed by atoms with Crippen LogP contribution >= 0.6 is 11.6 Å². The summed E-state index contributed by atoms with van der Waals surface area (Å²) in [6, 6.07) is 9.62. The van der Waals surface area contributed by atoms with E-state index in [0.29, 0.717) is 5.58 Å². The SMILES string of the molecule is CC(C)c1cc(=O)oc2cc(OC(=O)c3ccc([N+](=O)[O-])cc3Cl)ccc12. The fourth-order valence-corrected chi connectivity index (χ4v) is 2.91. The fourth-order valence-electron chi connectivity index (χ4n) is 2.65. The second-order valence-corrected chi connectivity index (χ2v) is 6.55. The number of ether oxygens (including phenoxy) is 1. The van der Waals surface area contributed by atoms with E-state index in [2.05, 4.69) is 0 Å². The van der Waals surface area contributed by atoms with Gasteiger partial charge < -0.3 is 9.15 Å². The third kappa shape index (κ3) is 3.83. The van der Waals surface area contributed by atoms with Crippen molar-refractivity contribution in [1.82, 2.24) is 0 Å². The first-order chi connectivity index (χ1) is 12.8. The van der Waals surface area contributed by atoms with Gasteiger partial charge in [0.2, 0.25) is 0 Å². The molecular formula is C19H14ClNO6. The molecule has 0 bridgehead atoms. The molecule has 7 nitrogen and oxygen atoms in total. The van der Waals surface area contributed by atoms with E-state index in [1.165, 1.54) is 18.2 Å². The highest BCUT2D eigenvalue weighted by Gasteiger charge is 2.17. The number of non-ortho nitro benzene ring substituents is 1. The zero-order valence-electron chi connectivity index (χ0n) is 14.4. The maximum atomic E-state index is 12.3. The third-order valence-electron chi connectivity index (χ3n) is 3.96. The predicted octanol–water partition coefficient (Wildman–Crippen LogP) is 4.70. The van der Waals surface area contributed by atoms with E-state index in [0.717, 1.165) is 23.1 Å². The van der Waals surface area contributed by atoms with Gasteiger partial charge in [-0.2, -0.15) is 0 Å². The number of esters is 1. The van der Waals surface area contributed by atoms with E-state index in [9.17, 15) is 19.7 Å². The molecule has 1 aromatic heterocycles. The molecular weight excluding hydrogens is 374 g/mol. The molecule has 0 spiro atoms. The van der Waals surface area contributed by atoms with Crippen molar-refractivity contribution in [2.45, 2.75) is 19.8 Å². The number of nitro groups is 1. The molecule has 138 valence electrons. The Morgan fingerprint density at radius 2 is 1.93 bits per heavy atom. The number of carbonyl (C=O) groups excluding carboxylic acids is 1. The number of hydrogen-bond acceptors (Lipinski definition) is 6. The number of benzene rings is 2. The first-order valence-corrected chi connectivity index (χ1v) is 8.38. The van der Waals surface area contributed by atoms with Gasteiger partial charge in [-0.3, -0.25) is 10.1 Å². The lowest BCUT2D eigenvalue weighted by Gasteiger charge is -2.10. The summed E-state index contributed by atoms with van der Waals surface area (Å²) < 4.78 is 10.5. The normalized spacial score (nSPS) is 11.0. The lowest BCUT2D eigenvalue weighted by molar-refractivity contribution is -0.384. The molecule has 0 unspecified atom stereocenters. The van der Waals surface area contributed by atoms with Gasteiger partial charge in [-0.15, -0.1) is 0 Å². The van der Waals surface area contributed by atoms with Crippen LogP contribution in [0.25, 0.3) is 11.0 Å². The summed E-state index contributed by atoms with van der Waals surface area (Å²) in [4.78, 5) is 34.2. The van der Waals surface area contributed by atoms with Gasteiger partial charge in [-0.05, 0) is 29.7 Å². The van der Waals surface area contributed by atoms with Crippen molar-refractivity contribution >= 4 is 34.2 Å². The van der Waals surface area contributed by atoms with Crippen LogP contribution in [0, 0.1) is 10.1 Å². The second kappa shape index (κ2) is 7.20. The zero-order chi connectivity index (χ0) is 19.7. The van der Waals surface area contributed by atoms with E-state index >= 15 is 0 Å². The van der Waals surface area contributed by atoms with E-state index in [1.807, 2.05) is 13.8 Å². The quantitative estimate of drug-likeness (QED) is 0.211. The molecule has 0 saturated carbocycles. The summed E-state index contributed by atoms with van der Waals surface area (Å²) in [5.41, 5.74) is 0.391. The fraction of sp³-hybridized carbons (Fsp3) is 0.158. The Kier molecular flexibility index (Phi) is 4.96. The Morgan fingerprint density at radius 3 is 2.56 bits per heavy atom. The molecule has 3 aromatic rings. The highest BCUT2D eigenvalue weighted by Crippen LogP contribution is 2.28. The van der Waals surface area contributed by atoms with Gasteiger partial charge in [0.25, 0.3) is 5.69 Å². The Bertz CT molecular complexity index is 1120. The Hall–Kier alpha value is -3.19. The first-order valence-electron chi connectivity index (χ1n) is 8.00. The number of rotatable bonds is 4. The molecule has 0 saturated heterocycles. The van der Waals surface area contributed by atoms with E-state index < -0.39 is 16.5 Å². The molecule has 0 aliphatic carbocycles. The summed E-state index contributed by atoms with van der Waals surface area (Å²) in [5, 5.41) is 11.4. The number of nitro benzene ring substituents is 1. The summed E-state index contributed by atoms with van der Waals surface area (Å²) in [5.74, 6) is -0.508. The summed E-state index contributed by atoms with van der Waals surface area (Å²) in [6.45, 7) is 3.91. The smallest absolute Gasteiger partial charge is 0.345 e. The average Bonchev–Trinajstić information content (AvgIpc) is 2.60. The van der Waals surface area contributed by atoms with Crippen molar-refractivity contribution in [3.05, 3.63) is 79.1 Å². The maximum Gasteiger partial charge on any atom is 0.345 e. The van der Waals surface area contributed by atoms with Crippen molar-refractivity contribution in [1.29, 1.82) is 0 Å². The van der Waals surface area contributed by atoms with Gasteiger partial charge in [0, 0.05) is 29.7 Å². The van der Waals surface area contributed by atoms with Crippen LogP contribution in [0.1, 0.15) is 35.7 Å². The largest absolute Gasteiger partial charge is 0.423 e. The summed E-state index contributed by atoms with van der Waals surface area (Å²) in [6.07, 6.45) is 0. The minimum atomic E-state index is -0.781. The molecule has 0 aliphatic rings. The van der Waals surface area contributed by atoms with Crippen molar-refractivity contribution in [2.24, 2.45) is 0 Å². The van der Waals surface area contributed by atoms with E-state index in [4.69, 9.17) is 20.8 Å². The van der Waals surface area contributed by atoms with Crippen molar-refractivity contribution in [2.75, 3.05) is 0 Å². The maximum absolute atomic E-state index is 12.3. The van der Waals surface area contributed by atoms with Gasteiger partial charge in [0.05, 0.1) is 15.5 Å². The molecule has 0 N–H and O–H groups in total. The molecule has 0 fully saturated rings. The lowest BCUT2D eigenvalue weighted by Crippen LogP contribution is -2.09. The topological polar surface area (TPSA) is 99.7 Å². The average molecular weight is 388 g/mol. The molecule has 8 heteroatoms. The van der Waals surface area contributed by atoms with E-state index in [-0.39, 0.29) is 27.9 Å². The van der Waals surface area contributed by atoms with Crippen molar-refractivity contribution < 1.29 is 18.9 Å². The molecule has 0 radical (unpaired) electrons. The summed E-state index contributed by atoms with van der Waals surface area (Å²) >= 11 is 5.94. The molecule has 0 amide bonds. The minimum absolute atomic E-state index is 0.0141. The standard InChI is InChI=1S/C19H14ClNO6/c1-10(2)15-9-18(22)27-17-8-12(4-6-13(15)17)26-19(23)14-5-3-11(21(24)25)7-16(14)20/h3-10H,1-2H3. The van der Waals surface area contributed by atoms with E-state index in [1.54, 1.807) is 12.1 Å². The van der Waals surface area contributed by atoms with Crippen LogP contribution in [-0.4, -0.2) is 10.9 Å².